The average Bonchev–Trinajstić information content (AvgIpc) is 3.06. The summed E-state index contributed by atoms with van der Waals surface area (Å²) in [5, 5.41) is 22.7. The number of hydrogen-bond acceptors (Lipinski definition) is 6. The standard InChI is InChI=1S/C36H39N3O4S/c40-34(28-9-3-1-4-10-28)15-12-26-16-18-37-33(23-26)31-24-30(39-19-5-2-6-20-39)13-14-32(31)38-36(43)29-11-7-8-27(22-29)25-44-21-17-35(41)42/h1,3-4,7-11,13-14,16,18,22-24,34,40H,2,5-6,12,15,17,19-21,25H2,(H,38,43)(H,41,42). The third kappa shape index (κ3) is 8.71. The Morgan fingerprint density at radius 2 is 1.73 bits per heavy atom. The van der Waals surface area contributed by atoms with E-state index in [0.717, 1.165) is 59.6 Å². The molecule has 0 radical (unpaired) electrons. The summed E-state index contributed by atoms with van der Waals surface area (Å²) in [6.45, 7) is 2.01. The maximum absolute atomic E-state index is 13.5. The number of thioether (sulfide) groups is 1. The number of piperidine rings is 1. The summed E-state index contributed by atoms with van der Waals surface area (Å²) in [5.74, 6) is 0.143. The molecule has 1 aliphatic rings. The van der Waals surface area contributed by atoms with Gasteiger partial charge >= 0.3 is 5.97 Å². The number of carbonyl (C=O) groups excluding carboxylic acids is 1. The first-order valence-electron chi connectivity index (χ1n) is 15.2. The summed E-state index contributed by atoms with van der Waals surface area (Å²) >= 11 is 1.54. The number of nitrogens with zero attached hydrogens (tertiary/aromatic N) is 2. The number of rotatable bonds is 13. The predicted molar refractivity (Wildman–Crippen MR) is 178 cm³/mol. The third-order valence-electron chi connectivity index (χ3n) is 7.88. The number of aryl methyl sites for hydroxylation is 1. The van der Waals surface area contributed by atoms with Crippen molar-refractivity contribution in [3.05, 3.63) is 113 Å². The number of hydrogen-bond donors (Lipinski definition) is 3. The Kier molecular flexibility index (Phi) is 11.1. The molecule has 3 aromatic carbocycles. The minimum absolute atomic E-state index is 0.115. The monoisotopic (exact) mass is 609 g/mol. The summed E-state index contributed by atoms with van der Waals surface area (Å²) < 4.78 is 0. The molecule has 1 unspecified atom stereocenters. The Morgan fingerprint density at radius 3 is 2.52 bits per heavy atom. The van der Waals surface area contributed by atoms with E-state index in [9.17, 15) is 14.7 Å². The van der Waals surface area contributed by atoms with Gasteiger partial charge in [-0.2, -0.15) is 11.8 Å². The van der Waals surface area contributed by atoms with Crippen LogP contribution in [0.4, 0.5) is 11.4 Å². The number of amides is 1. The van der Waals surface area contributed by atoms with Crippen molar-refractivity contribution >= 4 is 35.0 Å². The fraction of sp³-hybridized carbons (Fsp3) is 0.306. The number of carbonyl (C=O) groups is 2. The number of aliphatic carboxylic acids is 1. The van der Waals surface area contributed by atoms with Crippen LogP contribution in [0.25, 0.3) is 11.3 Å². The largest absolute Gasteiger partial charge is 0.481 e. The van der Waals surface area contributed by atoms with Crippen molar-refractivity contribution in [3.63, 3.8) is 0 Å². The van der Waals surface area contributed by atoms with Gasteiger partial charge in [0, 0.05) is 47.6 Å². The van der Waals surface area contributed by atoms with Crippen molar-refractivity contribution in [2.75, 3.05) is 29.1 Å². The van der Waals surface area contributed by atoms with Crippen molar-refractivity contribution in [1.82, 2.24) is 4.98 Å². The van der Waals surface area contributed by atoms with E-state index in [-0.39, 0.29) is 12.3 Å². The lowest BCUT2D eigenvalue weighted by Crippen LogP contribution is -2.29. The maximum Gasteiger partial charge on any atom is 0.304 e. The number of aliphatic hydroxyl groups excluding tert-OH is 1. The Hall–Kier alpha value is -4.14. The highest BCUT2D eigenvalue weighted by Gasteiger charge is 2.17. The van der Waals surface area contributed by atoms with Gasteiger partial charge in [0.1, 0.15) is 0 Å². The molecule has 0 spiro atoms. The molecular formula is C36H39N3O4S. The van der Waals surface area contributed by atoms with E-state index in [4.69, 9.17) is 10.1 Å². The molecule has 1 fully saturated rings. The second kappa shape index (κ2) is 15.5. The van der Waals surface area contributed by atoms with Crippen molar-refractivity contribution in [1.29, 1.82) is 0 Å². The molecular weight excluding hydrogens is 570 g/mol. The van der Waals surface area contributed by atoms with Crippen LogP contribution >= 0.6 is 11.8 Å². The van der Waals surface area contributed by atoms with Crippen LogP contribution in [-0.2, 0) is 17.0 Å². The molecule has 4 aromatic rings. The highest BCUT2D eigenvalue weighted by Crippen LogP contribution is 2.33. The van der Waals surface area contributed by atoms with Gasteiger partial charge in [-0.15, -0.1) is 0 Å². The van der Waals surface area contributed by atoms with E-state index in [2.05, 4.69) is 28.4 Å². The SMILES string of the molecule is O=C(O)CCSCc1cccc(C(=O)Nc2ccc(N3CCCCC3)cc2-c2cc(CCC(O)c3ccccc3)ccn2)c1. The zero-order valence-corrected chi connectivity index (χ0v) is 25.6. The zero-order chi connectivity index (χ0) is 30.7. The maximum atomic E-state index is 13.5. The number of benzene rings is 3. The second-order valence-electron chi connectivity index (χ2n) is 11.1. The zero-order valence-electron chi connectivity index (χ0n) is 24.8. The fourth-order valence-electron chi connectivity index (χ4n) is 5.47. The first kappa shape index (κ1) is 31.3. The van der Waals surface area contributed by atoms with Gasteiger partial charge in [-0.25, -0.2) is 0 Å². The predicted octanol–water partition coefficient (Wildman–Crippen LogP) is 7.37. The fourth-order valence-corrected chi connectivity index (χ4v) is 6.35. The second-order valence-corrected chi connectivity index (χ2v) is 12.2. The van der Waals surface area contributed by atoms with Crippen molar-refractivity contribution in [2.45, 2.75) is 50.4 Å². The van der Waals surface area contributed by atoms with Crippen LogP contribution in [0.1, 0.15) is 65.3 Å². The highest BCUT2D eigenvalue weighted by molar-refractivity contribution is 7.98. The van der Waals surface area contributed by atoms with E-state index in [0.29, 0.717) is 35.6 Å². The molecule has 5 rings (SSSR count). The molecule has 0 bridgehead atoms. The molecule has 44 heavy (non-hydrogen) atoms. The Labute approximate surface area is 263 Å². The van der Waals surface area contributed by atoms with Crippen LogP contribution in [0.15, 0.2) is 91.1 Å². The van der Waals surface area contributed by atoms with Crippen LogP contribution in [0.3, 0.4) is 0 Å². The topological polar surface area (TPSA) is 103 Å². The van der Waals surface area contributed by atoms with E-state index in [1.54, 1.807) is 12.3 Å². The van der Waals surface area contributed by atoms with E-state index in [1.807, 2.05) is 60.7 Å². The smallest absolute Gasteiger partial charge is 0.304 e. The molecule has 3 N–H and O–H groups in total. The van der Waals surface area contributed by atoms with Gasteiger partial charge in [-0.05, 0) is 91.3 Å². The number of pyridine rings is 1. The van der Waals surface area contributed by atoms with Gasteiger partial charge in [0.2, 0.25) is 0 Å². The number of nitrogens with one attached hydrogen (secondary N) is 1. The molecule has 228 valence electrons. The number of aromatic nitrogens is 1. The highest BCUT2D eigenvalue weighted by atomic mass is 32.2. The molecule has 0 saturated carbocycles. The minimum Gasteiger partial charge on any atom is -0.481 e. The normalized spacial score (nSPS) is 13.8. The van der Waals surface area contributed by atoms with Gasteiger partial charge < -0.3 is 20.4 Å². The van der Waals surface area contributed by atoms with Gasteiger partial charge in [0.25, 0.3) is 5.91 Å². The van der Waals surface area contributed by atoms with Crippen LogP contribution in [0.2, 0.25) is 0 Å². The third-order valence-corrected chi connectivity index (χ3v) is 8.91. The number of carboxylic acids is 1. The van der Waals surface area contributed by atoms with Crippen LogP contribution in [-0.4, -0.2) is 45.9 Å². The lowest BCUT2D eigenvalue weighted by atomic mass is 9.99. The molecule has 2 heterocycles. The lowest BCUT2D eigenvalue weighted by molar-refractivity contribution is -0.136. The molecule has 8 heteroatoms. The summed E-state index contributed by atoms with van der Waals surface area (Å²) in [4.78, 5) is 31.4. The molecule has 1 aliphatic heterocycles. The van der Waals surface area contributed by atoms with Gasteiger partial charge in [-0.3, -0.25) is 14.6 Å². The molecule has 1 saturated heterocycles. The van der Waals surface area contributed by atoms with Crippen molar-refractivity contribution < 1.29 is 19.8 Å². The molecule has 1 atom stereocenters. The van der Waals surface area contributed by atoms with Gasteiger partial charge in [0.05, 0.1) is 23.9 Å². The summed E-state index contributed by atoms with van der Waals surface area (Å²) in [7, 11) is 0. The van der Waals surface area contributed by atoms with Gasteiger partial charge in [-0.1, -0.05) is 42.5 Å². The first-order chi connectivity index (χ1) is 21.5. The average molecular weight is 610 g/mol. The molecule has 0 aliphatic carbocycles. The number of anilines is 2. The Balaban J connectivity index is 1.36. The minimum atomic E-state index is -0.808. The molecule has 1 amide bonds. The van der Waals surface area contributed by atoms with E-state index in [1.165, 1.54) is 18.2 Å². The molecule has 7 nitrogen and oxygen atoms in total. The summed E-state index contributed by atoms with van der Waals surface area (Å²) in [5.41, 5.74) is 6.92. The van der Waals surface area contributed by atoms with Crippen molar-refractivity contribution in [2.24, 2.45) is 0 Å². The molecule has 1 aromatic heterocycles. The number of aliphatic hydroxyl groups is 1. The quantitative estimate of drug-likeness (QED) is 0.136. The van der Waals surface area contributed by atoms with Crippen LogP contribution in [0, 0.1) is 0 Å². The van der Waals surface area contributed by atoms with Crippen LogP contribution < -0.4 is 10.2 Å². The van der Waals surface area contributed by atoms with E-state index >= 15 is 0 Å². The van der Waals surface area contributed by atoms with E-state index < -0.39 is 12.1 Å². The summed E-state index contributed by atoms with van der Waals surface area (Å²) in [6.07, 6.45) is 6.22. The Bertz CT molecular complexity index is 1560. The number of carboxylic acid groups (broad SMARTS) is 1. The Morgan fingerprint density at radius 1 is 0.909 bits per heavy atom. The van der Waals surface area contributed by atoms with Crippen LogP contribution in [0.5, 0.6) is 0 Å². The van der Waals surface area contributed by atoms with Crippen molar-refractivity contribution in [3.8, 4) is 11.3 Å². The van der Waals surface area contributed by atoms with Gasteiger partial charge in [0.15, 0.2) is 0 Å². The summed E-state index contributed by atoms with van der Waals surface area (Å²) in [6, 6.07) is 27.4. The first-order valence-corrected chi connectivity index (χ1v) is 16.4. The lowest BCUT2D eigenvalue weighted by Gasteiger charge is -2.29.